The lowest BCUT2D eigenvalue weighted by Crippen LogP contribution is -2.34. The molecule has 21 heavy (non-hydrogen) atoms. The first-order chi connectivity index (χ1) is 10.1. The Hall–Kier alpha value is -2.16. The van der Waals surface area contributed by atoms with E-state index in [0.717, 1.165) is 18.4 Å². The van der Waals surface area contributed by atoms with E-state index in [1.54, 1.807) is 18.2 Å². The highest BCUT2D eigenvalue weighted by Crippen LogP contribution is 2.48. The van der Waals surface area contributed by atoms with Crippen molar-refractivity contribution in [3.05, 3.63) is 71.0 Å². The predicted molar refractivity (Wildman–Crippen MR) is 80.3 cm³/mol. The normalized spacial score (nSPS) is 15.5. The molecule has 108 valence electrons. The largest absolute Gasteiger partial charge is 0.351 e. The van der Waals surface area contributed by atoms with Crippen molar-refractivity contribution in [2.75, 3.05) is 0 Å². The number of carbonyl (C=O) groups is 1. The molecule has 0 aliphatic heterocycles. The Kier molecular flexibility index (Phi) is 3.50. The van der Waals surface area contributed by atoms with Crippen LogP contribution in [-0.4, -0.2) is 5.91 Å². The van der Waals surface area contributed by atoms with E-state index in [-0.39, 0.29) is 18.3 Å². The first-order valence-electron chi connectivity index (χ1n) is 7.21. The molecule has 0 atom stereocenters. The van der Waals surface area contributed by atoms with E-state index < -0.39 is 5.41 Å². The van der Waals surface area contributed by atoms with Gasteiger partial charge in [-0.15, -0.1) is 0 Å². The number of benzene rings is 2. The van der Waals surface area contributed by atoms with Crippen LogP contribution >= 0.6 is 0 Å². The van der Waals surface area contributed by atoms with E-state index in [0.29, 0.717) is 5.56 Å². The summed E-state index contributed by atoms with van der Waals surface area (Å²) in [6, 6.07) is 14.6. The molecule has 2 nitrogen and oxygen atoms in total. The Morgan fingerprint density at radius 3 is 2.43 bits per heavy atom. The van der Waals surface area contributed by atoms with Crippen molar-refractivity contribution in [2.24, 2.45) is 0 Å². The minimum Gasteiger partial charge on any atom is -0.351 e. The zero-order valence-electron chi connectivity index (χ0n) is 12.0. The minimum absolute atomic E-state index is 0.00499. The summed E-state index contributed by atoms with van der Waals surface area (Å²) in [6.45, 7) is 2.26. The number of hydrogen-bond acceptors (Lipinski definition) is 1. The van der Waals surface area contributed by atoms with E-state index in [9.17, 15) is 9.18 Å². The molecule has 0 spiro atoms. The lowest BCUT2D eigenvalue weighted by atomic mass is 9.94. The molecule has 1 aliphatic carbocycles. The molecular formula is C18H18FNO. The number of amides is 1. The van der Waals surface area contributed by atoms with Crippen LogP contribution in [0.25, 0.3) is 0 Å². The summed E-state index contributed by atoms with van der Waals surface area (Å²) in [6.07, 6.45) is 1.72. The van der Waals surface area contributed by atoms with Crippen molar-refractivity contribution in [2.45, 2.75) is 31.7 Å². The Balaban J connectivity index is 1.71. The third-order valence-corrected chi connectivity index (χ3v) is 4.19. The SMILES string of the molecule is Cc1ccc(C2(C(=O)NCc3ccccc3F)CC2)cc1. The summed E-state index contributed by atoms with van der Waals surface area (Å²) < 4.78 is 13.6. The number of carbonyl (C=O) groups excluding carboxylic acids is 1. The molecular weight excluding hydrogens is 265 g/mol. The van der Waals surface area contributed by atoms with Gasteiger partial charge in [-0.05, 0) is 31.4 Å². The molecule has 2 aromatic carbocycles. The highest BCUT2D eigenvalue weighted by molar-refractivity contribution is 5.91. The molecule has 1 fully saturated rings. The van der Waals surface area contributed by atoms with Crippen molar-refractivity contribution in [1.82, 2.24) is 5.32 Å². The quantitative estimate of drug-likeness (QED) is 0.914. The average molecular weight is 283 g/mol. The molecule has 0 saturated heterocycles. The zero-order chi connectivity index (χ0) is 14.9. The van der Waals surface area contributed by atoms with Gasteiger partial charge in [0.05, 0.1) is 5.41 Å². The van der Waals surface area contributed by atoms with Crippen molar-refractivity contribution >= 4 is 5.91 Å². The molecule has 1 N–H and O–H groups in total. The molecule has 0 aromatic heterocycles. The first kappa shape index (κ1) is 13.8. The molecule has 1 amide bonds. The van der Waals surface area contributed by atoms with Crippen LogP contribution in [0.3, 0.4) is 0 Å². The lowest BCUT2D eigenvalue weighted by molar-refractivity contribution is -0.123. The maximum atomic E-state index is 13.6. The molecule has 0 bridgehead atoms. The van der Waals surface area contributed by atoms with Gasteiger partial charge in [-0.25, -0.2) is 4.39 Å². The highest BCUT2D eigenvalue weighted by atomic mass is 19.1. The second-order valence-corrected chi connectivity index (χ2v) is 5.72. The van der Waals surface area contributed by atoms with Gasteiger partial charge in [-0.2, -0.15) is 0 Å². The smallest absolute Gasteiger partial charge is 0.230 e. The molecule has 0 heterocycles. The fraction of sp³-hybridized carbons (Fsp3) is 0.278. The molecule has 2 aromatic rings. The third-order valence-electron chi connectivity index (χ3n) is 4.19. The maximum Gasteiger partial charge on any atom is 0.230 e. The fourth-order valence-electron chi connectivity index (χ4n) is 2.63. The number of hydrogen-bond donors (Lipinski definition) is 1. The average Bonchev–Trinajstić information content (AvgIpc) is 3.28. The van der Waals surface area contributed by atoms with Crippen LogP contribution in [0.2, 0.25) is 0 Å². The Bertz CT molecular complexity index is 659. The van der Waals surface area contributed by atoms with Gasteiger partial charge in [-0.1, -0.05) is 48.0 Å². The van der Waals surface area contributed by atoms with Gasteiger partial charge >= 0.3 is 0 Å². The number of rotatable bonds is 4. The van der Waals surface area contributed by atoms with Gasteiger partial charge in [0, 0.05) is 12.1 Å². The summed E-state index contributed by atoms with van der Waals surface area (Å²) >= 11 is 0. The summed E-state index contributed by atoms with van der Waals surface area (Å²) in [7, 11) is 0. The van der Waals surface area contributed by atoms with Crippen molar-refractivity contribution in [3.8, 4) is 0 Å². The summed E-state index contributed by atoms with van der Waals surface area (Å²) in [5.41, 5.74) is 2.35. The van der Waals surface area contributed by atoms with Gasteiger partial charge in [-0.3, -0.25) is 4.79 Å². The highest BCUT2D eigenvalue weighted by Gasteiger charge is 2.50. The molecule has 0 unspecified atom stereocenters. The van der Waals surface area contributed by atoms with Gasteiger partial charge < -0.3 is 5.32 Å². The van der Waals surface area contributed by atoms with Gasteiger partial charge in [0.15, 0.2) is 0 Å². The molecule has 1 saturated carbocycles. The molecule has 3 heteroatoms. The maximum absolute atomic E-state index is 13.6. The van der Waals surface area contributed by atoms with Crippen LogP contribution in [0.1, 0.15) is 29.5 Å². The summed E-state index contributed by atoms with van der Waals surface area (Å²) in [5, 5.41) is 2.88. The van der Waals surface area contributed by atoms with Crippen LogP contribution < -0.4 is 5.32 Å². The van der Waals surface area contributed by atoms with Crippen molar-refractivity contribution in [3.63, 3.8) is 0 Å². The monoisotopic (exact) mass is 283 g/mol. The lowest BCUT2D eigenvalue weighted by Gasteiger charge is -2.16. The van der Waals surface area contributed by atoms with Gasteiger partial charge in [0.1, 0.15) is 5.82 Å². The van der Waals surface area contributed by atoms with Crippen LogP contribution in [0.4, 0.5) is 4.39 Å². The van der Waals surface area contributed by atoms with E-state index in [4.69, 9.17) is 0 Å². The minimum atomic E-state index is -0.404. The van der Waals surface area contributed by atoms with Crippen molar-refractivity contribution < 1.29 is 9.18 Å². The zero-order valence-corrected chi connectivity index (χ0v) is 12.0. The Morgan fingerprint density at radius 1 is 1.14 bits per heavy atom. The molecule has 0 radical (unpaired) electrons. The third kappa shape index (κ3) is 2.68. The number of halogens is 1. The van der Waals surface area contributed by atoms with E-state index in [1.807, 2.05) is 31.2 Å². The van der Waals surface area contributed by atoms with E-state index >= 15 is 0 Å². The van der Waals surface area contributed by atoms with E-state index in [2.05, 4.69) is 5.32 Å². The van der Waals surface area contributed by atoms with Crippen LogP contribution in [0, 0.1) is 12.7 Å². The Labute approximate surface area is 124 Å². The standard InChI is InChI=1S/C18H18FNO/c1-13-6-8-15(9-7-13)18(10-11-18)17(21)20-12-14-4-2-3-5-16(14)19/h2-9H,10-12H2,1H3,(H,20,21). The predicted octanol–water partition coefficient (Wildman–Crippen LogP) is 3.48. The van der Waals surface area contributed by atoms with Gasteiger partial charge in [0.25, 0.3) is 0 Å². The fourth-order valence-corrected chi connectivity index (χ4v) is 2.63. The summed E-state index contributed by atoms with van der Waals surface area (Å²) in [5.74, 6) is -0.285. The second kappa shape index (κ2) is 5.32. The topological polar surface area (TPSA) is 29.1 Å². The summed E-state index contributed by atoms with van der Waals surface area (Å²) in [4.78, 5) is 12.5. The molecule has 1 aliphatic rings. The Morgan fingerprint density at radius 2 is 1.81 bits per heavy atom. The van der Waals surface area contributed by atoms with Crippen molar-refractivity contribution in [1.29, 1.82) is 0 Å². The van der Waals surface area contributed by atoms with Gasteiger partial charge in [0.2, 0.25) is 5.91 Å². The van der Waals surface area contributed by atoms with Crippen LogP contribution in [0.15, 0.2) is 48.5 Å². The van der Waals surface area contributed by atoms with Crippen LogP contribution in [-0.2, 0) is 16.8 Å². The van der Waals surface area contributed by atoms with E-state index in [1.165, 1.54) is 11.6 Å². The first-order valence-corrected chi connectivity index (χ1v) is 7.21. The van der Waals surface area contributed by atoms with Crippen LogP contribution in [0.5, 0.6) is 0 Å². The second-order valence-electron chi connectivity index (χ2n) is 5.72. The molecule has 3 rings (SSSR count). The number of nitrogens with one attached hydrogen (secondary N) is 1. The number of aryl methyl sites for hydroxylation is 1.